The van der Waals surface area contributed by atoms with E-state index in [9.17, 15) is 13.2 Å². The van der Waals surface area contributed by atoms with Crippen LogP contribution in [0.15, 0.2) is 18.2 Å². The number of rotatable bonds is 7. The molecule has 0 saturated carbocycles. The molecule has 1 aromatic rings. The minimum Gasteiger partial charge on any atom is -0.361 e. The number of amides is 1. The van der Waals surface area contributed by atoms with Crippen LogP contribution in [0.1, 0.15) is 25.0 Å². The minimum absolute atomic E-state index is 0.0529. The fourth-order valence-electron chi connectivity index (χ4n) is 2.07. The molecule has 0 saturated heterocycles. The zero-order chi connectivity index (χ0) is 16.0. The van der Waals surface area contributed by atoms with E-state index in [4.69, 9.17) is 9.29 Å². The Hall–Kier alpha value is -1.44. The lowest BCUT2D eigenvalue weighted by Gasteiger charge is -2.26. The molecule has 1 amide bonds. The third-order valence-electron chi connectivity index (χ3n) is 3.00. The molecule has 0 fully saturated rings. The SMILES string of the molecule is CCOCN(C(=O)CS(=O)(=O)O)c1c(C)cccc1CC. The second-order valence-electron chi connectivity index (χ2n) is 4.61. The molecule has 1 aromatic carbocycles. The van der Waals surface area contributed by atoms with Gasteiger partial charge in [0.1, 0.15) is 6.73 Å². The summed E-state index contributed by atoms with van der Waals surface area (Å²) in [6.07, 6.45) is 0.693. The number of aryl methyl sites for hydroxylation is 2. The van der Waals surface area contributed by atoms with Gasteiger partial charge in [-0.3, -0.25) is 14.2 Å². The van der Waals surface area contributed by atoms with Gasteiger partial charge in [-0.1, -0.05) is 25.1 Å². The van der Waals surface area contributed by atoms with Gasteiger partial charge >= 0.3 is 0 Å². The van der Waals surface area contributed by atoms with Crippen molar-refractivity contribution in [3.05, 3.63) is 29.3 Å². The lowest BCUT2D eigenvalue weighted by atomic mass is 10.0. The van der Waals surface area contributed by atoms with E-state index in [0.29, 0.717) is 18.7 Å². The Morgan fingerprint density at radius 3 is 2.52 bits per heavy atom. The molecule has 0 aliphatic rings. The second kappa shape index (κ2) is 7.53. The molecule has 1 rings (SSSR count). The molecule has 0 atom stereocenters. The molecule has 1 N–H and O–H groups in total. The van der Waals surface area contributed by atoms with Gasteiger partial charge < -0.3 is 4.74 Å². The first-order valence-electron chi connectivity index (χ1n) is 6.71. The van der Waals surface area contributed by atoms with Crippen LogP contribution in [0.25, 0.3) is 0 Å². The number of para-hydroxylation sites is 1. The van der Waals surface area contributed by atoms with Crippen LogP contribution in [0.4, 0.5) is 5.69 Å². The van der Waals surface area contributed by atoms with Crippen molar-refractivity contribution < 1.29 is 22.5 Å². The van der Waals surface area contributed by atoms with Crippen molar-refractivity contribution in [3.8, 4) is 0 Å². The van der Waals surface area contributed by atoms with E-state index in [1.165, 1.54) is 4.90 Å². The molecular formula is C14H21NO5S. The predicted molar refractivity (Wildman–Crippen MR) is 81.0 cm³/mol. The molecule has 0 heterocycles. The fraction of sp³-hybridized carbons (Fsp3) is 0.500. The molecule has 0 radical (unpaired) electrons. The standard InChI is InChI=1S/C14H21NO5S/c1-4-12-8-6-7-11(3)14(12)15(10-20-5-2)13(16)9-21(17,18)19/h6-8H,4-5,9-10H2,1-3H3,(H,17,18,19). The van der Waals surface area contributed by atoms with Crippen molar-refractivity contribution in [2.24, 2.45) is 0 Å². The van der Waals surface area contributed by atoms with E-state index in [1.807, 2.05) is 32.0 Å². The smallest absolute Gasteiger partial charge is 0.274 e. The van der Waals surface area contributed by atoms with Crippen LogP contribution in [0.5, 0.6) is 0 Å². The number of carbonyl (C=O) groups is 1. The minimum atomic E-state index is -4.38. The van der Waals surface area contributed by atoms with Gasteiger partial charge in [-0.25, -0.2) is 0 Å². The highest BCUT2D eigenvalue weighted by Crippen LogP contribution is 2.26. The summed E-state index contributed by atoms with van der Waals surface area (Å²) in [5.74, 6) is -1.67. The highest BCUT2D eigenvalue weighted by atomic mass is 32.2. The monoisotopic (exact) mass is 315 g/mol. The Bertz CT molecular complexity index is 597. The van der Waals surface area contributed by atoms with Gasteiger partial charge in [-0.2, -0.15) is 8.42 Å². The summed E-state index contributed by atoms with van der Waals surface area (Å²) in [4.78, 5) is 13.5. The van der Waals surface area contributed by atoms with E-state index in [0.717, 1.165) is 11.1 Å². The number of nitrogens with zero attached hydrogens (tertiary/aromatic N) is 1. The highest BCUT2D eigenvalue weighted by Gasteiger charge is 2.24. The molecule has 0 aliphatic carbocycles. The van der Waals surface area contributed by atoms with Crippen molar-refractivity contribution in [1.82, 2.24) is 0 Å². The molecule has 6 nitrogen and oxygen atoms in total. The van der Waals surface area contributed by atoms with Crippen LogP contribution in [-0.2, 0) is 26.1 Å². The lowest BCUT2D eigenvalue weighted by molar-refractivity contribution is -0.117. The van der Waals surface area contributed by atoms with Crippen molar-refractivity contribution in [2.75, 3.05) is 24.0 Å². The largest absolute Gasteiger partial charge is 0.361 e. The van der Waals surface area contributed by atoms with Crippen molar-refractivity contribution in [1.29, 1.82) is 0 Å². The van der Waals surface area contributed by atoms with Crippen molar-refractivity contribution in [3.63, 3.8) is 0 Å². The predicted octanol–water partition coefficient (Wildman–Crippen LogP) is 1.77. The summed E-state index contributed by atoms with van der Waals surface area (Å²) in [6, 6.07) is 5.60. The second-order valence-corrected chi connectivity index (χ2v) is 6.06. The molecule has 0 unspecified atom stereocenters. The molecule has 0 bridgehead atoms. The Labute approximate surface area is 125 Å². The Morgan fingerprint density at radius 1 is 1.33 bits per heavy atom. The van der Waals surface area contributed by atoms with Crippen LogP contribution in [0.3, 0.4) is 0 Å². The van der Waals surface area contributed by atoms with Gasteiger partial charge in [0.25, 0.3) is 10.1 Å². The number of hydrogen-bond acceptors (Lipinski definition) is 4. The van der Waals surface area contributed by atoms with E-state index in [1.54, 1.807) is 6.92 Å². The first-order valence-corrected chi connectivity index (χ1v) is 8.32. The topological polar surface area (TPSA) is 83.9 Å². The van der Waals surface area contributed by atoms with Gasteiger partial charge in [0, 0.05) is 6.61 Å². The number of carbonyl (C=O) groups excluding carboxylic acids is 1. The average molecular weight is 315 g/mol. The molecule has 118 valence electrons. The van der Waals surface area contributed by atoms with Gasteiger partial charge in [-0.15, -0.1) is 0 Å². The summed E-state index contributed by atoms with van der Waals surface area (Å²) < 4.78 is 36.1. The lowest BCUT2D eigenvalue weighted by Crippen LogP contribution is -2.38. The van der Waals surface area contributed by atoms with Crippen LogP contribution >= 0.6 is 0 Å². The summed E-state index contributed by atoms with van der Waals surface area (Å²) in [5.41, 5.74) is 2.40. The van der Waals surface area contributed by atoms with Gasteiger partial charge in [0.15, 0.2) is 5.75 Å². The van der Waals surface area contributed by atoms with Crippen LogP contribution in [0, 0.1) is 6.92 Å². The number of hydrogen-bond donors (Lipinski definition) is 1. The summed E-state index contributed by atoms with van der Waals surface area (Å²) >= 11 is 0. The van der Waals surface area contributed by atoms with Gasteiger partial charge in [0.2, 0.25) is 5.91 Å². The van der Waals surface area contributed by atoms with Gasteiger partial charge in [0.05, 0.1) is 5.69 Å². The molecule has 0 spiro atoms. The maximum Gasteiger partial charge on any atom is 0.274 e. The maximum atomic E-state index is 12.2. The first kappa shape index (κ1) is 17.6. The summed E-state index contributed by atoms with van der Waals surface area (Å²) in [5, 5.41) is 0. The van der Waals surface area contributed by atoms with E-state index in [2.05, 4.69) is 0 Å². The maximum absolute atomic E-state index is 12.2. The number of ether oxygens (including phenoxy) is 1. The third-order valence-corrected chi connectivity index (χ3v) is 3.62. The molecular weight excluding hydrogens is 294 g/mol. The molecule has 21 heavy (non-hydrogen) atoms. The van der Waals surface area contributed by atoms with Crippen LogP contribution in [0.2, 0.25) is 0 Å². The van der Waals surface area contributed by atoms with E-state index >= 15 is 0 Å². The van der Waals surface area contributed by atoms with Crippen LogP contribution in [-0.4, -0.2) is 38.0 Å². The zero-order valence-corrected chi connectivity index (χ0v) is 13.3. The number of anilines is 1. The third kappa shape index (κ3) is 5.11. The Morgan fingerprint density at radius 2 is 2.00 bits per heavy atom. The normalized spacial score (nSPS) is 11.4. The van der Waals surface area contributed by atoms with Crippen LogP contribution < -0.4 is 4.90 Å². The Kier molecular flexibility index (Phi) is 6.32. The fourth-order valence-corrected chi connectivity index (χ4v) is 2.54. The molecule has 0 aliphatic heterocycles. The number of benzene rings is 1. The van der Waals surface area contributed by atoms with Crippen molar-refractivity contribution in [2.45, 2.75) is 27.2 Å². The van der Waals surface area contributed by atoms with E-state index in [-0.39, 0.29) is 6.73 Å². The quantitative estimate of drug-likeness (QED) is 0.612. The zero-order valence-electron chi connectivity index (χ0n) is 12.5. The Balaban J connectivity index is 3.22. The molecule has 7 heteroatoms. The average Bonchev–Trinajstić information content (AvgIpc) is 2.38. The van der Waals surface area contributed by atoms with Gasteiger partial charge in [-0.05, 0) is 31.4 Å². The summed E-state index contributed by atoms with van der Waals surface area (Å²) in [7, 11) is -4.38. The summed E-state index contributed by atoms with van der Waals surface area (Å²) in [6.45, 7) is 5.91. The van der Waals surface area contributed by atoms with E-state index < -0.39 is 21.8 Å². The molecule has 0 aromatic heterocycles. The van der Waals surface area contributed by atoms with Crippen molar-refractivity contribution >= 4 is 21.7 Å². The highest BCUT2D eigenvalue weighted by molar-refractivity contribution is 7.86. The first-order chi connectivity index (χ1) is 9.80.